The van der Waals surface area contributed by atoms with Crippen molar-refractivity contribution in [3.05, 3.63) is 24.3 Å². The smallest absolute Gasteiger partial charge is 0.303 e. The molecule has 0 aromatic carbocycles. The van der Waals surface area contributed by atoms with Crippen LogP contribution in [-0.2, 0) is 4.79 Å². The Morgan fingerprint density at radius 2 is 1.62 bits per heavy atom. The lowest BCUT2D eigenvalue weighted by Gasteiger charge is -2.05. The maximum Gasteiger partial charge on any atom is 0.303 e. The van der Waals surface area contributed by atoms with Crippen LogP contribution in [0.4, 0.5) is 0 Å². The molecule has 0 spiro atoms. The molecule has 0 saturated heterocycles. The summed E-state index contributed by atoms with van der Waals surface area (Å²) < 4.78 is 0. The molecule has 0 unspecified atom stereocenters. The number of carboxylic acid groups (broad SMARTS) is 1. The first-order valence-electron chi connectivity index (χ1n) is 8.36. The summed E-state index contributed by atoms with van der Waals surface area (Å²) in [7, 11) is 0. The van der Waals surface area contributed by atoms with Crippen molar-refractivity contribution >= 4 is 5.97 Å². The number of hydrogen-bond donors (Lipinski definition) is 2. The van der Waals surface area contributed by atoms with Gasteiger partial charge in [-0.3, -0.25) is 4.79 Å². The Morgan fingerprint density at radius 3 is 2.33 bits per heavy atom. The SMILES string of the molecule is CC/C=C\CC[C@@H](O)C/C=C\CCCCCCCC(=O)O. The summed E-state index contributed by atoms with van der Waals surface area (Å²) in [4.78, 5) is 10.3. The van der Waals surface area contributed by atoms with Crippen molar-refractivity contribution < 1.29 is 15.0 Å². The molecule has 0 aromatic heterocycles. The Bertz CT molecular complexity index is 295. The zero-order valence-corrected chi connectivity index (χ0v) is 13.5. The van der Waals surface area contributed by atoms with Gasteiger partial charge < -0.3 is 10.2 Å². The van der Waals surface area contributed by atoms with Crippen molar-refractivity contribution in [3.8, 4) is 0 Å². The number of carboxylic acids is 1. The van der Waals surface area contributed by atoms with Crippen LogP contribution < -0.4 is 0 Å². The second-order valence-electron chi connectivity index (χ2n) is 5.52. The zero-order valence-electron chi connectivity index (χ0n) is 13.5. The van der Waals surface area contributed by atoms with E-state index in [1.165, 1.54) is 0 Å². The molecule has 0 saturated carbocycles. The van der Waals surface area contributed by atoms with E-state index < -0.39 is 5.97 Å². The van der Waals surface area contributed by atoms with E-state index in [4.69, 9.17) is 5.11 Å². The number of aliphatic carboxylic acids is 1. The standard InChI is InChI=1S/C18H32O3/c1-2-3-4-11-14-17(19)15-12-9-7-5-6-8-10-13-16-18(20)21/h3-4,9,12,17,19H,2,5-8,10-11,13-16H2,1H3,(H,20,21)/b4-3-,12-9-/t17-/m1/s1. The largest absolute Gasteiger partial charge is 0.481 e. The molecule has 0 fully saturated rings. The Balaban J connectivity index is 3.31. The molecule has 0 amide bonds. The van der Waals surface area contributed by atoms with E-state index >= 15 is 0 Å². The molecule has 0 heterocycles. The Labute approximate surface area is 129 Å². The van der Waals surface area contributed by atoms with Crippen molar-refractivity contribution in [2.45, 2.75) is 83.7 Å². The van der Waals surface area contributed by atoms with Crippen LogP contribution in [0.5, 0.6) is 0 Å². The van der Waals surface area contributed by atoms with Crippen molar-refractivity contribution in [1.82, 2.24) is 0 Å². The second kappa shape index (κ2) is 15.3. The molecule has 21 heavy (non-hydrogen) atoms. The fraction of sp³-hybridized carbons (Fsp3) is 0.722. The molecule has 3 heteroatoms. The van der Waals surface area contributed by atoms with Gasteiger partial charge in [0.15, 0.2) is 0 Å². The lowest BCUT2D eigenvalue weighted by atomic mass is 10.1. The fourth-order valence-corrected chi connectivity index (χ4v) is 2.13. The number of carbonyl (C=O) groups is 1. The lowest BCUT2D eigenvalue weighted by Crippen LogP contribution is -2.03. The number of unbranched alkanes of at least 4 members (excludes halogenated alkanes) is 5. The molecule has 0 aromatic rings. The first kappa shape index (κ1) is 19.9. The third-order valence-corrected chi connectivity index (χ3v) is 3.41. The van der Waals surface area contributed by atoms with Crippen molar-refractivity contribution in [3.63, 3.8) is 0 Å². The van der Waals surface area contributed by atoms with Gasteiger partial charge in [-0.25, -0.2) is 0 Å². The van der Waals surface area contributed by atoms with E-state index in [1.807, 2.05) is 0 Å². The topological polar surface area (TPSA) is 57.5 Å². The average molecular weight is 296 g/mol. The monoisotopic (exact) mass is 296 g/mol. The molecule has 2 N–H and O–H groups in total. The number of allylic oxidation sites excluding steroid dienone is 3. The van der Waals surface area contributed by atoms with Gasteiger partial charge in [0.05, 0.1) is 6.10 Å². The first-order chi connectivity index (χ1) is 10.2. The minimum atomic E-state index is -0.693. The predicted octanol–water partition coefficient (Wildman–Crippen LogP) is 4.86. The van der Waals surface area contributed by atoms with E-state index in [9.17, 15) is 9.90 Å². The normalized spacial score (nSPS) is 13.2. The Morgan fingerprint density at radius 1 is 0.952 bits per heavy atom. The summed E-state index contributed by atoms with van der Waals surface area (Å²) in [6.45, 7) is 2.11. The molecule has 122 valence electrons. The minimum Gasteiger partial charge on any atom is -0.481 e. The minimum absolute atomic E-state index is 0.223. The van der Waals surface area contributed by atoms with Crippen LogP contribution in [0.25, 0.3) is 0 Å². The molecule has 0 bridgehead atoms. The maximum absolute atomic E-state index is 10.3. The van der Waals surface area contributed by atoms with Crippen LogP contribution in [0.3, 0.4) is 0 Å². The van der Waals surface area contributed by atoms with Crippen LogP contribution in [0.15, 0.2) is 24.3 Å². The highest BCUT2D eigenvalue weighted by Gasteiger charge is 1.99. The summed E-state index contributed by atoms with van der Waals surface area (Å²) in [5.41, 5.74) is 0. The Kier molecular flexibility index (Phi) is 14.5. The highest BCUT2D eigenvalue weighted by molar-refractivity contribution is 5.66. The van der Waals surface area contributed by atoms with Crippen LogP contribution in [0, 0.1) is 0 Å². The Hall–Kier alpha value is -1.09. The molecule has 0 aliphatic rings. The van der Waals surface area contributed by atoms with Crippen LogP contribution in [0.2, 0.25) is 0 Å². The van der Waals surface area contributed by atoms with Crippen LogP contribution >= 0.6 is 0 Å². The summed E-state index contributed by atoms with van der Waals surface area (Å²) in [6, 6.07) is 0. The van der Waals surface area contributed by atoms with E-state index in [2.05, 4.69) is 31.2 Å². The van der Waals surface area contributed by atoms with Gasteiger partial charge in [0, 0.05) is 6.42 Å². The van der Waals surface area contributed by atoms with Crippen LogP contribution in [-0.4, -0.2) is 22.3 Å². The molecule has 0 aliphatic carbocycles. The molecule has 0 rings (SSSR count). The molecule has 0 aliphatic heterocycles. The fourth-order valence-electron chi connectivity index (χ4n) is 2.13. The summed E-state index contributed by atoms with van der Waals surface area (Å²) in [5.74, 6) is -0.693. The summed E-state index contributed by atoms with van der Waals surface area (Å²) in [6.07, 6.45) is 18.5. The second-order valence-corrected chi connectivity index (χ2v) is 5.52. The summed E-state index contributed by atoms with van der Waals surface area (Å²) in [5, 5.41) is 18.3. The van der Waals surface area contributed by atoms with E-state index in [0.717, 1.165) is 64.2 Å². The van der Waals surface area contributed by atoms with Gasteiger partial charge in [-0.05, 0) is 44.9 Å². The highest BCUT2D eigenvalue weighted by atomic mass is 16.4. The van der Waals surface area contributed by atoms with Gasteiger partial charge in [-0.15, -0.1) is 0 Å². The van der Waals surface area contributed by atoms with Gasteiger partial charge in [0.25, 0.3) is 0 Å². The van der Waals surface area contributed by atoms with Crippen molar-refractivity contribution in [1.29, 1.82) is 0 Å². The quantitative estimate of drug-likeness (QED) is 0.355. The van der Waals surface area contributed by atoms with Crippen molar-refractivity contribution in [2.75, 3.05) is 0 Å². The number of hydrogen-bond acceptors (Lipinski definition) is 2. The lowest BCUT2D eigenvalue weighted by molar-refractivity contribution is -0.137. The summed E-state index contributed by atoms with van der Waals surface area (Å²) >= 11 is 0. The number of aliphatic hydroxyl groups excluding tert-OH is 1. The number of rotatable bonds is 14. The van der Waals surface area contributed by atoms with Gasteiger partial charge >= 0.3 is 5.97 Å². The van der Waals surface area contributed by atoms with Crippen molar-refractivity contribution in [2.24, 2.45) is 0 Å². The van der Waals surface area contributed by atoms with Gasteiger partial charge in [-0.2, -0.15) is 0 Å². The molecule has 3 nitrogen and oxygen atoms in total. The third-order valence-electron chi connectivity index (χ3n) is 3.41. The third kappa shape index (κ3) is 16.9. The number of aliphatic hydroxyl groups is 1. The van der Waals surface area contributed by atoms with Crippen LogP contribution in [0.1, 0.15) is 77.6 Å². The average Bonchev–Trinajstić information content (AvgIpc) is 2.45. The first-order valence-corrected chi connectivity index (χ1v) is 8.36. The van der Waals surface area contributed by atoms with E-state index in [1.54, 1.807) is 0 Å². The molecule has 0 radical (unpaired) electrons. The predicted molar refractivity (Wildman–Crippen MR) is 88.4 cm³/mol. The van der Waals surface area contributed by atoms with Gasteiger partial charge in [0.2, 0.25) is 0 Å². The van der Waals surface area contributed by atoms with E-state index in [-0.39, 0.29) is 6.10 Å². The van der Waals surface area contributed by atoms with E-state index in [0.29, 0.717) is 6.42 Å². The highest BCUT2D eigenvalue weighted by Crippen LogP contribution is 2.09. The molecular formula is C18H32O3. The van der Waals surface area contributed by atoms with Gasteiger partial charge in [0.1, 0.15) is 0 Å². The zero-order chi connectivity index (χ0) is 15.8. The molecular weight excluding hydrogens is 264 g/mol. The molecule has 1 atom stereocenters. The van der Waals surface area contributed by atoms with Gasteiger partial charge in [-0.1, -0.05) is 50.5 Å². The maximum atomic E-state index is 10.3.